The molecule has 0 radical (unpaired) electrons. The molecule has 1 aromatic heterocycles. The summed E-state index contributed by atoms with van der Waals surface area (Å²) in [4.78, 5) is 28.5. The molecule has 0 spiro atoms. The van der Waals surface area contributed by atoms with Crippen molar-refractivity contribution in [2.45, 2.75) is 6.42 Å². The van der Waals surface area contributed by atoms with Gasteiger partial charge in [-0.15, -0.1) is 11.3 Å². The molecule has 3 aromatic rings. The number of hydrogen-bond donors (Lipinski definition) is 1. The predicted octanol–water partition coefficient (Wildman–Crippen LogP) is 5.30. The van der Waals surface area contributed by atoms with E-state index in [2.05, 4.69) is 26.2 Å². The standard InChI is InChI=1S/C18H11BrClN3O4S/c1-27-13-5-3-11(19)9-7-14-16(15(9)13)21-18(28-14)22-17(24)10-6-8(23(25)26)2-4-12(10)20/h2-6H,7H2,1H3,(H,21,22,24). The third-order valence-corrected chi connectivity index (χ3v) is 6.38. The van der Waals surface area contributed by atoms with Gasteiger partial charge in [-0.05, 0) is 23.8 Å². The number of nitrogens with one attached hydrogen (secondary N) is 1. The van der Waals surface area contributed by atoms with Crippen LogP contribution in [0, 0.1) is 10.1 Å². The van der Waals surface area contributed by atoms with Gasteiger partial charge in [0, 0.05) is 33.5 Å². The number of hydrogen-bond acceptors (Lipinski definition) is 6. The number of carbonyl (C=O) groups is 1. The minimum absolute atomic E-state index is 0.0203. The maximum absolute atomic E-state index is 12.6. The van der Waals surface area contributed by atoms with Crippen molar-refractivity contribution in [2.24, 2.45) is 0 Å². The third-order valence-electron chi connectivity index (χ3n) is 4.33. The summed E-state index contributed by atoms with van der Waals surface area (Å²) in [7, 11) is 1.60. The lowest BCUT2D eigenvalue weighted by Gasteiger charge is -2.09. The van der Waals surface area contributed by atoms with Crippen molar-refractivity contribution >= 4 is 55.6 Å². The molecule has 4 rings (SSSR count). The van der Waals surface area contributed by atoms with Crippen LogP contribution in [-0.4, -0.2) is 22.9 Å². The Morgan fingerprint density at radius 1 is 1.39 bits per heavy atom. The van der Waals surface area contributed by atoms with Gasteiger partial charge in [0.05, 0.1) is 28.3 Å². The summed E-state index contributed by atoms with van der Waals surface area (Å²) in [5.41, 5.74) is 2.56. The van der Waals surface area contributed by atoms with E-state index in [1.165, 1.54) is 23.5 Å². The first-order valence-corrected chi connectivity index (χ1v) is 9.98. The number of methoxy groups -OCH3 is 1. The van der Waals surface area contributed by atoms with Crippen LogP contribution >= 0.6 is 38.9 Å². The molecular weight excluding hydrogens is 470 g/mol. The summed E-state index contributed by atoms with van der Waals surface area (Å²) in [6.07, 6.45) is 0.674. The fraction of sp³-hybridized carbons (Fsp3) is 0.111. The van der Waals surface area contributed by atoms with Crippen molar-refractivity contribution < 1.29 is 14.5 Å². The number of halogens is 2. The van der Waals surface area contributed by atoms with Crippen LogP contribution in [-0.2, 0) is 6.42 Å². The van der Waals surface area contributed by atoms with E-state index < -0.39 is 10.8 Å². The number of non-ortho nitro benzene ring substituents is 1. The van der Waals surface area contributed by atoms with Crippen LogP contribution in [0.1, 0.15) is 20.8 Å². The number of ether oxygens (including phenoxy) is 1. The van der Waals surface area contributed by atoms with Crippen molar-refractivity contribution in [3.05, 3.63) is 65.9 Å². The van der Waals surface area contributed by atoms with Crippen molar-refractivity contribution in [2.75, 3.05) is 12.4 Å². The van der Waals surface area contributed by atoms with Crippen LogP contribution in [0.25, 0.3) is 11.3 Å². The van der Waals surface area contributed by atoms with Gasteiger partial charge < -0.3 is 4.74 Å². The number of nitro benzene ring substituents is 1. The predicted molar refractivity (Wildman–Crippen MR) is 111 cm³/mol. The van der Waals surface area contributed by atoms with E-state index in [4.69, 9.17) is 16.3 Å². The van der Waals surface area contributed by atoms with Gasteiger partial charge in [-0.25, -0.2) is 4.98 Å². The number of anilines is 1. The Morgan fingerprint density at radius 2 is 2.18 bits per heavy atom. The number of rotatable bonds is 4. The Kier molecular flexibility index (Phi) is 4.82. The highest BCUT2D eigenvalue weighted by molar-refractivity contribution is 9.10. The van der Waals surface area contributed by atoms with Crippen LogP contribution in [0.2, 0.25) is 5.02 Å². The van der Waals surface area contributed by atoms with Gasteiger partial charge in [-0.3, -0.25) is 20.2 Å². The molecule has 1 N–H and O–H groups in total. The molecule has 0 atom stereocenters. The summed E-state index contributed by atoms with van der Waals surface area (Å²) in [5.74, 6) is 0.157. The minimum atomic E-state index is -0.577. The molecule has 0 aliphatic heterocycles. The summed E-state index contributed by atoms with van der Waals surface area (Å²) >= 11 is 10.9. The van der Waals surface area contributed by atoms with Crippen molar-refractivity contribution in [3.63, 3.8) is 0 Å². The second-order valence-electron chi connectivity index (χ2n) is 5.95. The first-order valence-electron chi connectivity index (χ1n) is 7.99. The largest absolute Gasteiger partial charge is 0.496 e. The molecule has 10 heteroatoms. The molecule has 0 bridgehead atoms. The van der Waals surface area contributed by atoms with E-state index in [0.717, 1.165) is 32.2 Å². The Hall–Kier alpha value is -2.49. The normalized spacial score (nSPS) is 11.7. The van der Waals surface area contributed by atoms with Gasteiger partial charge >= 0.3 is 0 Å². The fourth-order valence-electron chi connectivity index (χ4n) is 3.05. The molecule has 1 aliphatic rings. The smallest absolute Gasteiger partial charge is 0.270 e. The number of fused-ring (bicyclic) bond motifs is 3. The average molecular weight is 481 g/mol. The number of aromatic nitrogens is 1. The fourth-order valence-corrected chi connectivity index (χ4v) is 4.70. The van der Waals surface area contributed by atoms with Gasteiger partial charge in [0.15, 0.2) is 5.13 Å². The molecule has 0 saturated carbocycles. The number of nitro groups is 1. The van der Waals surface area contributed by atoms with Crippen LogP contribution in [0.4, 0.5) is 10.8 Å². The molecular formula is C18H11BrClN3O4S. The molecule has 0 fully saturated rings. The SMILES string of the molecule is COc1ccc(Br)c2c1-c1nc(NC(=O)c3cc([N+](=O)[O-])ccc3Cl)sc1C2. The summed E-state index contributed by atoms with van der Waals surface area (Å²) in [6.45, 7) is 0. The van der Waals surface area contributed by atoms with Gasteiger partial charge in [-0.2, -0.15) is 0 Å². The highest BCUT2D eigenvalue weighted by atomic mass is 79.9. The second-order valence-corrected chi connectivity index (χ2v) is 8.29. The molecule has 1 heterocycles. The molecule has 0 unspecified atom stereocenters. The molecule has 2 aromatic carbocycles. The number of nitrogens with zero attached hydrogens (tertiary/aromatic N) is 2. The van der Waals surface area contributed by atoms with E-state index in [1.807, 2.05) is 12.1 Å². The van der Waals surface area contributed by atoms with Crippen LogP contribution in [0.15, 0.2) is 34.8 Å². The van der Waals surface area contributed by atoms with E-state index >= 15 is 0 Å². The topological polar surface area (TPSA) is 94.4 Å². The van der Waals surface area contributed by atoms with E-state index in [9.17, 15) is 14.9 Å². The molecule has 1 amide bonds. The molecule has 142 valence electrons. The van der Waals surface area contributed by atoms with Gasteiger partial charge in [0.1, 0.15) is 5.75 Å². The number of thiazole rings is 1. The summed E-state index contributed by atoms with van der Waals surface area (Å²) in [5, 5.41) is 14.2. The van der Waals surface area contributed by atoms with Crippen molar-refractivity contribution in [1.29, 1.82) is 0 Å². The minimum Gasteiger partial charge on any atom is -0.496 e. The lowest BCUT2D eigenvalue weighted by molar-refractivity contribution is -0.384. The first kappa shape index (κ1) is 18.9. The Bertz CT molecular complexity index is 1150. The quantitative estimate of drug-likeness (QED) is 0.316. The van der Waals surface area contributed by atoms with Crippen molar-refractivity contribution in [1.82, 2.24) is 4.98 Å². The number of benzene rings is 2. The number of amides is 1. The lowest BCUT2D eigenvalue weighted by atomic mass is 10.1. The molecule has 7 nitrogen and oxygen atoms in total. The van der Waals surface area contributed by atoms with E-state index in [-0.39, 0.29) is 16.3 Å². The summed E-state index contributed by atoms with van der Waals surface area (Å²) in [6, 6.07) is 7.52. The maximum Gasteiger partial charge on any atom is 0.270 e. The van der Waals surface area contributed by atoms with Gasteiger partial charge in [-0.1, -0.05) is 27.5 Å². The maximum atomic E-state index is 12.6. The average Bonchev–Trinajstić information content (AvgIpc) is 3.20. The zero-order chi connectivity index (χ0) is 20.0. The van der Waals surface area contributed by atoms with Crippen LogP contribution < -0.4 is 10.1 Å². The Balaban J connectivity index is 1.66. The Morgan fingerprint density at radius 3 is 2.89 bits per heavy atom. The van der Waals surface area contributed by atoms with E-state index in [0.29, 0.717) is 17.3 Å². The highest BCUT2D eigenvalue weighted by Gasteiger charge is 2.29. The molecule has 1 aliphatic carbocycles. The number of carbonyl (C=O) groups excluding carboxylic acids is 1. The zero-order valence-electron chi connectivity index (χ0n) is 14.3. The lowest BCUT2D eigenvalue weighted by Crippen LogP contribution is -2.12. The monoisotopic (exact) mass is 479 g/mol. The first-order chi connectivity index (χ1) is 13.4. The highest BCUT2D eigenvalue weighted by Crippen LogP contribution is 2.48. The van der Waals surface area contributed by atoms with Crippen LogP contribution in [0.5, 0.6) is 5.75 Å². The molecule has 28 heavy (non-hydrogen) atoms. The second kappa shape index (κ2) is 7.16. The van der Waals surface area contributed by atoms with Crippen LogP contribution in [0.3, 0.4) is 0 Å². The van der Waals surface area contributed by atoms with E-state index in [1.54, 1.807) is 7.11 Å². The third kappa shape index (κ3) is 3.15. The summed E-state index contributed by atoms with van der Waals surface area (Å²) < 4.78 is 6.43. The zero-order valence-corrected chi connectivity index (χ0v) is 17.4. The molecule has 0 saturated heterocycles. The van der Waals surface area contributed by atoms with Gasteiger partial charge in [0.2, 0.25) is 0 Å². The van der Waals surface area contributed by atoms with Crippen molar-refractivity contribution in [3.8, 4) is 17.0 Å². The van der Waals surface area contributed by atoms with Gasteiger partial charge in [0.25, 0.3) is 11.6 Å². The Labute approximate surface area is 176 Å².